The van der Waals surface area contributed by atoms with Crippen LogP contribution in [0.4, 0.5) is 18.9 Å². The fraction of sp³-hybridized carbons (Fsp3) is 0.556. The highest BCUT2D eigenvalue weighted by atomic mass is 19.4. The van der Waals surface area contributed by atoms with Crippen LogP contribution in [0.5, 0.6) is 0 Å². The molecule has 0 spiro atoms. The van der Waals surface area contributed by atoms with Crippen LogP contribution in [0.2, 0.25) is 0 Å². The number of anilines is 1. The van der Waals surface area contributed by atoms with Gasteiger partial charge in [-0.05, 0) is 12.8 Å². The predicted octanol–water partition coefficient (Wildman–Crippen LogP) is 0.676. The van der Waals surface area contributed by atoms with Crippen molar-refractivity contribution in [2.45, 2.75) is 31.1 Å². The zero-order chi connectivity index (χ0) is 12.7. The molecule has 3 N–H and O–H groups in total. The minimum absolute atomic E-state index is 0.0660. The summed E-state index contributed by atoms with van der Waals surface area (Å²) in [7, 11) is 0. The van der Waals surface area contributed by atoms with Gasteiger partial charge < -0.3 is 11.1 Å². The summed E-state index contributed by atoms with van der Waals surface area (Å²) >= 11 is 0. The molecule has 1 aliphatic rings. The third-order valence-corrected chi connectivity index (χ3v) is 2.63. The average Bonchev–Trinajstić information content (AvgIpc) is 2.85. The van der Waals surface area contributed by atoms with Crippen LogP contribution in [0.1, 0.15) is 12.8 Å². The second-order valence-corrected chi connectivity index (χ2v) is 4.10. The van der Waals surface area contributed by atoms with E-state index in [1.807, 2.05) is 5.32 Å². The summed E-state index contributed by atoms with van der Waals surface area (Å²) in [6.45, 7) is -0.269. The van der Waals surface area contributed by atoms with Crippen molar-refractivity contribution in [1.82, 2.24) is 15.1 Å². The SMILES string of the molecule is Nc1cnn(CC(=O)NC2(C(F)(F)F)CC2)c1. The molecule has 1 saturated carbocycles. The molecule has 1 fully saturated rings. The first-order valence-electron chi connectivity index (χ1n) is 4.98. The van der Waals surface area contributed by atoms with E-state index in [1.165, 1.54) is 17.1 Å². The first kappa shape index (κ1) is 11.7. The highest BCUT2D eigenvalue weighted by molar-refractivity contribution is 5.77. The van der Waals surface area contributed by atoms with E-state index < -0.39 is 17.6 Å². The molecule has 0 bridgehead atoms. The molecule has 94 valence electrons. The van der Waals surface area contributed by atoms with Crippen LogP contribution in [0.3, 0.4) is 0 Å². The Morgan fingerprint density at radius 2 is 2.24 bits per heavy atom. The monoisotopic (exact) mass is 248 g/mol. The summed E-state index contributed by atoms with van der Waals surface area (Å²) in [4.78, 5) is 11.4. The quantitative estimate of drug-likeness (QED) is 0.826. The number of halogens is 3. The Balaban J connectivity index is 1.95. The number of hydrogen-bond acceptors (Lipinski definition) is 3. The molecular weight excluding hydrogens is 237 g/mol. The number of aromatic nitrogens is 2. The van der Waals surface area contributed by atoms with Crippen molar-refractivity contribution >= 4 is 11.6 Å². The lowest BCUT2D eigenvalue weighted by Gasteiger charge is -2.20. The Kier molecular flexibility index (Phi) is 2.52. The van der Waals surface area contributed by atoms with E-state index >= 15 is 0 Å². The molecular formula is C9H11F3N4O. The molecule has 1 heterocycles. The predicted molar refractivity (Wildman–Crippen MR) is 52.8 cm³/mol. The standard InChI is InChI=1S/C9H11F3N4O/c10-9(11,12)8(1-2-8)15-7(17)5-16-4-6(13)3-14-16/h3-4H,1-2,5,13H2,(H,15,17). The van der Waals surface area contributed by atoms with E-state index in [9.17, 15) is 18.0 Å². The van der Waals surface area contributed by atoms with Crippen molar-refractivity contribution in [2.24, 2.45) is 0 Å². The van der Waals surface area contributed by atoms with Gasteiger partial charge in [0.2, 0.25) is 5.91 Å². The number of carbonyl (C=O) groups is 1. The van der Waals surface area contributed by atoms with Gasteiger partial charge in [-0.1, -0.05) is 0 Å². The number of nitrogens with one attached hydrogen (secondary N) is 1. The van der Waals surface area contributed by atoms with Gasteiger partial charge in [-0.2, -0.15) is 18.3 Å². The molecule has 1 aromatic rings. The van der Waals surface area contributed by atoms with Crippen LogP contribution in [0, 0.1) is 0 Å². The molecule has 8 heteroatoms. The summed E-state index contributed by atoms with van der Waals surface area (Å²) in [5.41, 5.74) is 3.70. The van der Waals surface area contributed by atoms with Gasteiger partial charge in [-0.15, -0.1) is 0 Å². The van der Waals surface area contributed by atoms with Gasteiger partial charge in [0.25, 0.3) is 0 Å². The van der Waals surface area contributed by atoms with Gasteiger partial charge >= 0.3 is 6.18 Å². The van der Waals surface area contributed by atoms with Crippen molar-refractivity contribution in [3.05, 3.63) is 12.4 Å². The zero-order valence-corrected chi connectivity index (χ0v) is 8.79. The number of nitrogen functional groups attached to an aromatic ring is 1. The normalized spacial score (nSPS) is 17.8. The minimum Gasteiger partial charge on any atom is -0.396 e. The van der Waals surface area contributed by atoms with Gasteiger partial charge in [-0.3, -0.25) is 9.48 Å². The molecule has 0 aromatic carbocycles. The van der Waals surface area contributed by atoms with Crippen molar-refractivity contribution in [3.8, 4) is 0 Å². The van der Waals surface area contributed by atoms with Crippen molar-refractivity contribution in [1.29, 1.82) is 0 Å². The smallest absolute Gasteiger partial charge is 0.396 e. The number of alkyl halides is 3. The van der Waals surface area contributed by atoms with Crippen molar-refractivity contribution < 1.29 is 18.0 Å². The van der Waals surface area contributed by atoms with Crippen LogP contribution in [0.15, 0.2) is 12.4 Å². The van der Waals surface area contributed by atoms with Crippen molar-refractivity contribution in [2.75, 3.05) is 5.73 Å². The number of nitrogens with two attached hydrogens (primary N) is 1. The zero-order valence-electron chi connectivity index (χ0n) is 8.79. The molecule has 0 unspecified atom stereocenters. The molecule has 1 aliphatic carbocycles. The summed E-state index contributed by atoms with van der Waals surface area (Å²) in [6, 6.07) is 0. The maximum Gasteiger partial charge on any atom is 0.411 e. The van der Waals surface area contributed by atoms with E-state index in [2.05, 4.69) is 5.10 Å². The summed E-state index contributed by atoms with van der Waals surface area (Å²) in [5, 5.41) is 5.72. The van der Waals surface area contributed by atoms with Crippen molar-refractivity contribution in [3.63, 3.8) is 0 Å². The largest absolute Gasteiger partial charge is 0.411 e. The lowest BCUT2D eigenvalue weighted by Crippen LogP contribution is -2.48. The fourth-order valence-electron chi connectivity index (χ4n) is 1.52. The van der Waals surface area contributed by atoms with E-state index in [-0.39, 0.29) is 19.4 Å². The topological polar surface area (TPSA) is 72.9 Å². The lowest BCUT2D eigenvalue weighted by atomic mass is 10.2. The summed E-state index contributed by atoms with van der Waals surface area (Å²) in [6.07, 6.45) is -1.82. The maximum atomic E-state index is 12.5. The Morgan fingerprint density at radius 1 is 1.59 bits per heavy atom. The first-order valence-corrected chi connectivity index (χ1v) is 4.98. The highest BCUT2D eigenvalue weighted by Crippen LogP contribution is 2.48. The highest BCUT2D eigenvalue weighted by Gasteiger charge is 2.64. The van der Waals surface area contributed by atoms with Crippen LogP contribution in [-0.2, 0) is 11.3 Å². The molecule has 0 radical (unpaired) electrons. The molecule has 0 saturated heterocycles. The Labute approximate surface area is 94.8 Å². The van der Waals surface area contributed by atoms with E-state index in [4.69, 9.17) is 5.73 Å². The summed E-state index contributed by atoms with van der Waals surface area (Å²) < 4.78 is 38.8. The molecule has 2 rings (SSSR count). The Morgan fingerprint density at radius 3 is 2.65 bits per heavy atom. The number of hydrogen-bond donors (Lipinski definition) is 2. The Hall–Kier alpha value is -1.73. The molecule has 5 nitrogen and oxygen atoms in total. The van der Waals surface area contributed by atoms with E-state index in [0.29, 0.717) is 5.69 Å². The van der Waals surface area contributed by atoms with Crippen LogP contribution >= 0.6 is 0 Å². The number of amides is 1. The lowest BCUT2D eigenvalue weighted by molar-refractivity contribution is -0.170. The van der Waals surface area contributed by atoms with E-state index in [1.54, 1.807) is 0 Å². The second-order valence-electron chi connectivity index (χ2n) is 4.10. The van der Waals surface area contributed by atoms with Crippen LogP contribution in [-0.4, -0.2) is 27.4 Å². The fourth-order valence-corrected chi connectivity index (χ4v) is 1.52. The first-order chi connectivity index (χ1) is 7.82. The number of carbonyl (C=O) groups excluding carboxylic acids is 1. The van der Waals surface area contributed by atoms with E-state index in [0.717, 1.165) is 0 Å². The number of nitrogens with zero attached hydrogens (tertiary/aromatic N) is 2. The third kappa shape index (κ3) is 2.34. The molecule has 17 heavy (non-hydrogen) atoms. The second kappa shape index (κ2) is 3.64. The van der Waals surface area contributed by atoms with Crippen LogP contribution < -0.4 is 11.1 Å². The van der Waals surface area contributed by atoms with Gasteiger partial charge in [0.05, 0.1) is 11.9 Å². The van der Waals surface area contributed by atoms with Gasteiger partial charge in [0, 0.05) is 6.20 Å². The summed E-state index contributed by atoms with van der Waals surface area (Å²) in [5.74, 6) is -0.720. The molecule has 0 aliphatic heterocycles. The Bertz CT molecular complexity index is 436. The number of rotatable bonds is 3. The molecule has 0 atom stereocenters. The van der Waals surface area contributed by atoms with Crippen LogP contribution in [0.25, 0.3) is 0 Å². The average molecular weight is 248 g/mol. The minimum atomic E-state index is -4.40. The third-order valence-electron chi connectivity index (χ3n) is 2.63. The van der Waals surface area contributed by atoms with Gasteiger partial charge in [-0.25, -0.2) is 0 Å². The molecule has 1 amide bonds. The van der Waals surface area contributed by atoms with Gasteiger partial charge in [0.15, 0.2) is 0 Å². The maximum absolute atomic E-state index is 12.5. The van der Waals surface area contributed by atoms with Gasteiger partial charge in [0.1, 0.15) is 12.1 Å². The molecule has 1 aromatic heterocycles.